The second-order valence-corrected chi connectivity index (χ2v) is 5.36. The van der Waals surface area contributed by atoms with E-state index >= 15 is 0 Å². The van der Waals surface area contributed by atoms with Crippen molar-refractivity contribution in [3.8, 4) is 11.5 Å². The number of amides is 1. The summed E-state index contributed by atoms with van der Waals surface area (Å²) in [5.41, 5.74) is 5.78. The fraction of sp³-hybridized carbons (Fsp3) is 0.222. The van der Waals surface area contributed by atoms with Gasteiger partial charge < -0.3 is 9.84 Å². The van der Waals surface area contributed by atoms with Crippen LogP contribution in [0.15, 0.2) is 41.5 Å². The second-order valence-electron chi connectivity index (χ2n) is 5.36. The van der Waals surface area contributed by atoms with Crippen molar-refractivity contribution >= 4 is 12.1 Å². The van der Waals surface area contributed by atoms with E-state index in [0.717, 1.165) is 16.7 Å². The van der Waals surface area contributed by atoms with Crippen LogP contribution in [0, 0.1) is 20.8 Å². The molecule has 0 aliphatic rings. The molecule has 0 bridgehead atoms. The maximum Gasteiger partial charge on any atom is 0.277 e. The van der Waals surface area contributed by atoms with Gasteiger partial charge in [-0.15, -0.1) is 0 Å². The van der Waals surface area contributed by atoms with E-state index in [1.165, 1.54) is 6.21 Å². The molecule has 0 radical (unpaired) electrons. The highest BCUT2D eigenvalue weighted by Crippen LogP contribution is 2.19. The van der Waals surface area contributed by atoms with Gasteiger partial charge >= 0.3 is 0 Å². The number of hydrogen-bond donors (Lipinski definition) is 2. The minimum atomic E-state index is -0.367. The van der Waals surface area contributed by atoms with Crippen LogP contribution in [0.25, 0.3) is 0 Å². The predicted octanol–water partition coefficient (Wildman–Crippen LogP) is 2.85. The van der Waals surface area contributed by atoms with Gasteiger partial charge in [-0.1, -0.05) is 29.8 Å². The molecule has 0 saturated heterocycles. The summed E-state index contributed by atoms with van der Waals surface area (Å²) in [5, 5.41) is 13.7. The normalized spacial score (nSPS) is 10.7. The summed E-state index contributed by atoms with van der Waals surface area (Å²) in [6, 6.07) is 11.1. The quantitative estimate of drug-likeness (QED) is 0.659. The first kappa shape index (κ1) is 16.5. The molecule has 1 amide bonds. The molecule has 2 aromatic carbocycles. The topological polar surface area (TPSA) is 70.9 Å². The number of rotatable bonds is 5. The molecule has 0 saturated carbocycles. The molecule has 2 aromatic rings. The van der Waals surface area contributed by atoms with Gasteiger partial charge in [-0.3, -0.25) is 4.79 Å². The first-order valence-corrected chi connectivity index (χ1v) is 7.28. The van der Waals surface area contributed by atoms with Crippen LogP contribution in [-0.4, -0.2) is 23.8 Å². The van der Waals surface area contributed by atoms with Crippen LogP contribution in [0.2, 0.25) is 0 Å². The number of para-hydroxylation sites is 1. The Morgan fingerprint density at radius 1 is 1.22 bits per heavy atom. The zero-order valence-electron chi connectivity index (χ0n) is 13.5. The fourth-order valence-electron chi connectivity index (χ4n) is 2.10. The number of hydrazone groups is 1. The Balaban J connectivity index is 1.87. The molecular formula is C18H20N2O3. The molecule has 5 heteroatoms. The second kappa shape index (κ2) is 7.45. The summed E-state index contributed by atoms with van der Waals surface area (Å²) in [4.78, 5) is 11.7. The van der Waals surface area contributed by atoms with Gasteiger partial charge in [0.15, 0.2) is 6.61 Å². The van der Waals surface area contributed by atoms with E-state index in [0.29, 0.717) is 11.3 Å². The van der Waals surface area contributed by atoms with Crippen LogP contribution in [0.5, 0.6) is 11.5 Å². The Hall–Kier alpha value is -2.82. The van der Waals surface area contributed by atoms with Crippen LogP contribution in [0.3, 0.4) is 0 Å². The van der Waals surface area contributed by atoms with Crippen molar-refractivity contribution in [3.63, 3.8) is 0 Å². The highest BCUT2D eigenvalue weighted by Gasteiger charge is 2.05. The maximum atomic E-state index is 11.7. The molecule has 0 heterocycles. The van der Waals surface area contributed by atoms with E-state index in [4.69, 9.17) is 4.74 Å². The molecule has 0 atom stereocenters. The molecule has 0 fully saturated rings. The van der Waals surface area contributed by atoms with Crippen LogP contribution in [0.1, 0.15) is 22.3 Å². The average molecular weight is 312 g/mol. The maximum absolute atomic E-state index is 11.7. The van der Waals surface area contributed by atoms with Crippen LogP contribution in [0.4, 0.5) is 0 Å². The SMILES string of the molecule is Cc1ccc(OCC(=O)NN=Cc2cccc(C)c2O)c(C)c1. The summed E-state index contributed by atoms with van der Waals surface area (Å²) < 4.78 is 5.46. The van der Waals surface area contributed by atoms with Crippen molar-refractivity contribution in [1.29, 1.82) is 0 Å². The summed E-state index contributed by atoms with van der Waals surface area (Å²) in [6.07, 6.45) is 1.40. The van der Waals surface area contributed by atoms with Gasteiger partial charge in [-0.25, -0.2) is 5.43 Å². The van der Waals surface area contributed by atoms with Crippen LogP contribution < -0.4 is 10.2 Å². The third kappa shape index (κ3) is 4.57. The zero-order valence-corrected chi connectivity index (χ0v) is 13.5. The molecule has 23 heavy (non-hydrogen) atoms. The van der Waals surface area contributed by atoms with Crippen LogP contribution in [-0.2, 0) is 4.79 Å². The van der Waals surface area contributed by atoms with Gasteiger partial charge in [-0.05, 0) is 44.0 Å². The van der Waals surface area contributed by atoms with Gasteiger partial charge in [0.2, 0.25) is 0 Å². The Kier molecular flexibility index (Phi) is 5.36. The lowest BCUT2D eigenvalue weighted by molar-refractivity contribution is -0.123. The minimum absolute atomic E-state index is 0.124. The van der Waals surface area contributed by atoms with E-state index < -0.39 is 0 Å². The molecule has 0 aromatic heterocycles. The first-order valence-electron chi connectivity index (χ1n) is 7.28. The predicted molar refractivity (Wildman–Crippen MR) is 90.0 cm³/mol. The third-order valence-electron chi connectivity index (χ3n) is 3.35. The van der Waals surface area contributed by atoms with Crippen molar-refractivity contribution in [2.45, 2.75) is 20.8 Å². The van der Waals surface area contributed by atoms with E-state index in [1.807, 2.05) is 38.1 Å². The highest BCUT2D eigenvalue weighted by atomic mass is 16.5. The molecule has 0 aliphatic heterocycles. The van der Waals surface area contributed by atoms with Crippen molar-refractivity contribution < 1.29 is 14.6 Å². The van der Waals surface area contributed by atoms with Gasteiger partial charge in [0.25, 0.3) is 5.91 Å². The number of nitrogens with zero attached hydrogens (tertiary/aromatic N) is 1. The number of benzene rings is 2. The van der Waals surface area contributed by atoms with E-state index in [2.05, 4.69) is 10.5 Å². The number of aryl methyl sites for hydroxylation is 3. The number of phenols is 1. The number of aromatic hydroxyl groups is 1. The lowest BCUT2D eigenvalue weighted by atomic mass is 10.1. The molecule has 0 aliphatic carbocycles. The standard InChI is InChI=1S/C18H20N2O3/c1-12-7-8-16(14(3)9-12)23-11-17(21)20-19-10-15-6-4-5-13(2)18(15)22/h4-10,22H,11H2,1-3H3,(H,20,21). The van der Waals surface area contributed by atoms with E-state index in [9.17, 15) is 9.90 Å². The van der Waals surface area contributed by atoms with Crippen molar-refractivity contribution in [3.05, 3.63) is 58.7 Å². The molecule has 2 rings (SSSR count). The number of phenolic OH excluding ortho intramolecular Hbond substituents is 1. The summed E-state index contributed by atoms with van der Waals surface area (Å²) >= 11 is 0. The molecule has 0 unspecified atom stereocenters. The molecule has 2 N–H and O–H groups in total. The third-order valence-corrected chi connectivity index (χ3v) is 3.35. The summed E-state index contributed by atoms with van der Waals surface area (Å²) in [5.74, 6) is 0.455. The van der Waals surface area contributed by atoms with Crippen molar-refractivity contribution in [2.75, 3.05) is 6.61 Å². The fourth-order valence-corrected chi connectivity index (χ4v) is 2.10. The Bertz CT molecular complexity index is 739. The van der Waals surface area contributed by atoms with Crippen molar-refractivity contribution in [1.82, 2.24) is 5.43 Å². The minimum Gasteiger partial charge on any atom is -0.507 e. The number of nitrogens with one attached hydrogen (secondary N) is 1. The van der Waals surface area contributed by atoms with Gasteiger partial charge in [0.05, 0.1) is 6.21 Å². The molecule has 5 nitrogen and oxygen atoms in total. The van der Waals surface area contributed by atoms with Gasteiger partial charge in [0.1, 0.15) is 11.5 Å². The molecular weight excluding hydrogens is 292 g/mol. The zero-order chi connectivity index (χ0) is 16.8. The average Bonchev–Trinajstić information content (AvgIpc) is 2.50. The molecule has 120 valence electrons. The van der Waals surface area contributed by atoms with Gasteiger partial charge in [0, 0.05) is 5.56 Å². The van der Waals surface area contributed by atoms with E-state index in [-0.39, 0.29) is 18.3 Å². The smallest absolute Gasteiger partial charge is 0.277 e. The van der Waals surface area contributed by atoms with E-state index in [1.54, 1.807) is 19.1 Å². The van der Waals surface area contributed by atoms with Gasteiger partial charge in [-0.2, -0.15) is 5.10 Å². The lowest BCUT2D eigenvalue weighted by Gasteiger charge is -2.08. The summed E-state index contributed by atoms with van der Waals surface area (Å²) in [7, 11) is 0. The number of ether oxygens (including phenoxy) is 1. The number of carbonyl (C=O) groups excluding carboxylic acids is 1. The monoisotopic (exact) mass is 312 g/mol. The summed E-state index contributed by atoms with van der Waals surface area (Å²) in [6.45, 7) is 5.60. The Morgan fingerprint density at radius 2 is 2.00 bits per heavy atom. The molecule has 0 spiro atoms. The number of carbonyl (C=O) groups is 1. The first-order chi connectivity index (χ1) is 11.0. The highest BCUT2D eigenvalue weighted by molar-refractivity contribution is 5.85. The largest absolute Gasteiger partial charge is 0.507 e. The Labute approximate surface area is 135 Å². The number of hydrogen-bond acceptors (Lipinski definition) is 4. The Morgan fingerprint density at radius 3 is 2.74 bits per heavy atom. The lowest BCUT2D eigenvalue weighted by Crippen LogP contribution is -2.24. The van der Waals surface area contributed by atoms with Crippen molar-refractivity contribution in [2.24, 2.45) is 5.10 Å². The van der Waals surface area contributed by atoms with Crippen LogP contribution >= 0.6 is 0 Å².